The number of anilines is 1. The van der Waals surface area contributed by atoms with E-state index in [0.29, 0.717) is 18.7 Å². The molecule has 6 heteroatoms. The maximum Gasteiger partial charge on any atom is 0.341 e. The zero-order valence-electron chi connectivity index (χ0n) is 13.4. The van der Waals surface area contributed by atoms with E-state index >= 15 is 0 Å². The summed E-state index contributed by atoms with van der Waals surface area (Å²) in [5.74, 6) is -0.922. The van der Waals surface area contributed by atoms with Gasteiger partial charge in [-0.2, -0.15) is 0 Å². The Kier molecular flexibility index (Phi) is 7.39. The van der Waals surface area contributed by atoms with Gasteiger partial charge in [-0.1, -0.05) is 13.8 Å². The number of rotatable bonds is 8. The molecule has 0 saturated carbocycles. The number of carbonyl (C=O) groups is 2. The molecule has 0 atom stereocenters. The van der Waals surface area contributed by atoms with E-state index in [1.807, 2.05) is 13.8 Å². The highest BCUT2D eigenvalue weighted by atomic mass is 16.5. The van der Waals surface area contributed by atoms with Crippen molar-refractivity contribution in [1.29, 1.82) is 0 Å². The Balaban J connectivity index is 2.61. The van der Waals surface area contributed by atoms with E-state index in [4.69, 9.17) is 4.74 Å². The Morgan fingerprint density at radius 1 is 1.23 bits per heavy atom. The minimum Gasteiger partial charge on any atom is -0.507 e. The van der Waals surface area contributed by atoms with E-state index in [2.05, 4.69) is 10.2 Å². The quantitative estimate of drug-likeness (QED) is 0.720. The van der Waals surface area contributed by atoms with Crippen LogP contribution in [-0.2, 0) is 9.53 Å². The third-order valence-corrected chi connectivity index (χ3v) is 3.33. The largest absolute Gasteiger partial charge is 0.507 e. The number of aromatic hydroxyl groups is 1. The Bertz CT molecular complexity index is 513. The summed E-state index contributed by atoms with van der Waals surface area (Å²) >= 11 is 0. The van der Waals surface area contributed by atoms with Crippen LogP contribution in [0.15, 0.2) is 18.2 Å². The van der Waals surface area contributed by atoms with Gasteiger partial charge < -0.3 is 20.1 Å². The Morgan fingerprint density at radius 3 is 2.45 bits per heavy atom. The van der Waals surface area contributed by atoms with Gasteiger partial charge in [-0.15, -0.1) is 0 Å². The van der Waals surface area contributed by atoms with Crippen LogP contribution in [0.2, 0.25) is 0 Å². The number of benzene rings is 1. The molecule has 0 heterocycles. The Labute approximate surface area is 131 Å². The lowest BCUT2D eigenvalue weighted by atomic mass is 10.2. The van der Waals surface area contributed by atoms with Gasteiger partial charge >= 0.3 is 5.97 Å². The fraction of sp³-hybridized carbons (Fsp3) is 0.500. The third kappa shape index (κ3) is 5.37. The van der Waals surface area contributed by atoms with Crippen molar-refractivity contribution in [2.24, 2.45) is 0 Å². The summed E-state index contributed by atoms with van der Waals surface area (Å²) in [6.45, 7) is 8.52. The van der Waals surface area contributed by atoms with Crippen LogP contribution in [-0.4, -0.2) is 48.1 Å². The van der Waals surface area contributed by atoms with Crippen molar-refractivity contribution in [1.82, 2.24) is 4.90 Å². The van der Waals surface area contributed by atoms with Gasteiger partial charge in [0.1, 0.15) is 11.3 Å². The van der Waals surface area contributed by atoms with Gasteiger partial charge in [-0.25, -0.2) is 4.79 Å². The lowest BCUT2D eigenvalue weighted by Gasteiger charge is -2.17. The summed E-state index contributed by atoms with van der Waals surface area (Å²) in [6.07, 6.45) is 0.377. The van der Waals surface area contributed by atoms with Crippen LogP contribution >= 0.6 is 0 Å². The SMILES string of the molecule is CCOC(=O)c1ccc(NC(=O)CCN(CC)CC)cc1O. The third-order valence-electron chi connectivity index (χ3n) is 3.33. The molecule has 0 bridgehead atoms. The van der Waals surface area contributed by atoms with Gasteiger partial charge in [0.2, 0.25) is 5.91 Å². The number of nitrogens with one attached hydrogen (secondary N) is 1. The number of amides is 1. The predicted octanol–water partition coefficient (Wildman–Crippen LogP) is 2.24. The standard InChI is InChI=1S/C16H24N2O4/c1-4-18(5-2)10-9-15(20)17-12-7-8-13(14(19)11-12)16(21)22-6-3/h7-8,11,19H,4-6,9-10H2,1-3H3,(H,17,20). The zero-order chi connectivity index (χ0) is 16.5. The molecule has 0 fully saturated rings. The number of hydrogen-bond acceptors (Lipinski definition) is 5. The molecule has 6 nitrogen and oxygen atoms in total. The predicted molar refractivity (Wildman–Crippen MR) is 85.1 cm³/mol. The van der Waals surface area contributed by atoms with Gasteiger partial charge in [-0.3, -0.25) is 4.79 Å². The number of esters is 1. The molecule has 1 amide bonds. The fourth-order valence-corrected chi connectivity index (χ4v) is 2.01. The molecular weight excluding hydrogens is 284 g/mol. The van der Waals surface area contributed by atoms with Crippen LogP contribution in [0.4, 0.5) is 5.69 Å². The maximum atomic E-state index is 11.9. The van der Waals surface area contributed by atoms with E-state index in [-0.39, 0.29) is 23.8 Å². The van der Waals surface area contributed by atoms with Crippen LogP contribution in [0.25, 0.3) is 0 Å². The summed E-state index contributed by atoms with van der Waals surface area (Å²) in [6, 6.07) is 4.36. The molecule has 1 aromatic carbocycles. The van der Waals surface area contributed by atoms with Gasteiger partial charge in [0, 0.05) is 24.7 Å². The fourth-order valence-electron chi connectivity index (χ4n) is 2.01. The van der Waals surface area contributed by atoms with Crippen molar-refractivity contribution in [3.05, 3.63) is 23.8 Å². The van der Waals surface area contributed by atoms with Gasteiger partial charge in [0.05, 0.1) is 6.61 Å². The lowest BCUT2D eigenvalue weighted by molar-refractivity contribution is -0.116. The van der Waals surface area contributed by atoms with Crippen LogP contribution in [0.5, 0.6) is 5.75 Å². The van der Waals surface area contributed by atoms with Gasteiger partial charge in [-0.05, 0) is 32.1 Å². The molecule has 1 aromatic rings. The second kappa shape index (κ2) is 9.04. The molecule has 1 rings (SSSR count). The average molecular weight is 308 g/mol. The molecule has 0 aliphatic carbocycles. The highest BCUT2D eigenvalue weighted by molar-refractivity contribution is 5.95. The summed E-state index contributed by atoms with van der Waals surface area (Å²) in [5.41, 5.74) is 0.540. The summed E-state index contributed by atoms with van der Waals surface area (Å²) < 4.78 is 4.83. The highest BCUT2D eigenvalue weighted by Crippen LogP contribution is 2.22. The number of phenols is 1. The smallest absolute Gasteiger partial charge is 0.341 e. The molecule has 2 N–H and O–H groups in total. The number of hydrogen-bond donors (Lipinski definition) is 2. The summed E-state index contributed by atoms with van der Waals surface area (Å²) in [7, 11) is 0. The van der Waals surface area contributed by atoms with Crippen LogP contribution in [0.1, 0.15) is 37.6 Å². The lowest BCUT2D eigenvalue weighted by Crippen LogP contribution is -2.27. The van der Waals surface area contributed by atoms with E-state index in [0.717, 1.165) is 13.1 Å². The minimum absolute atomic E-state index is 0.0861. The zero-order valence-corrected chi connectivity index (χ0v) is 13.4. The highest BCUT2D eigenvalue weighted by Gasteiger charge is 2.13. The first kappa shape index (κ1) is 18.0. The van der Waals surface area contributed by atoms with E-state index in [1.54, 1.807) is 13.0 Å². The summed E-state index contributed by atoms with van der Waals surface area (Å²) in [4.78, 5) is 25.6. The second-order valence-corrected chi connectivity index (χ2v) is 4.78. The molecule has 0 aromatic heterocycles. The Hall–Kier alpha value is -2.08. The van der Waals surface area contributed by atoms with E-state index in [9.17, 15) is 14.7 Å². The molecule has 0 aliphatic heterocycles. The van der Waals surface area contributed by atoms with E-state index in [1.165, 1.54) is 12.1 Å². The Morgan fingerprint density at radius 2 is 1.91 bits per heavy atom. The second-order valence-electron chi connectivity index (χ2n) is 4.78. The first-order valence-electron chi connectivity index (χ1n) is 7.54. The van der Waals surface area contributed by atoms with Crippen molar-refractivity contribution in [2.45, 2.75) is 27.2 Å². The minimum atomic E-state index is -0.584. The van der Waals surface area contributed by atoms with Crippen molar-refractivity contribution < 1.29 is 19.4 Å². The molecule has 122 valence electrons. The van der Waals surface area contributed by atoms with Gasteiger partial charge in [0.25, 0.3) is 0 Å². The number of phenolic OH excluding ortho intramolecular Hbond substituents is 1. The van der Waals surface area contributed by atoms with Crippen LogP contribution in [0, 0.1) is 0 Å². The first-order valence-corrected chi connectivity index (χ1v) is 7.54. The monoisotopic (exact) mass is 308 g/mol. The van der Waals surface area contributed by atoms with Crippen molar-refractivity contribution in [3.8, 4) is 5.75 Å². The summed E-state index contributed by atoms with van der Waals surface area (Å²) in [5, 5.41) is 12.5. The topological polar surface area (TPSA) is 78.9 Å². The number of ether oxygens (including phenoxy) is 1. The number of nitrogens with zero attached hydrogens (tertiary/aromatic N) is 1. The molecule has 0 aliphatic rings. The molecule has 0 radical (unpaired) electrons. The van der Waals surface area contributed by atoms with Crippen molar-refractivity contribution >= 4 is 17.6 Å². The molecule has 0 spiro atoms. The average Bonchev–Trinajstić information content (AvgIpc) is 2.48. The van der Waals surface area contributed by atoms with Crippen LogP contribution in [0.3, 0.4) is 0 Å². The molecular formula is C16H24N2O4. The van der Waals surface area contributed by atoms with Crippen molar-refractivity contribution in [3.63, 3.8) is 0 Å². The molecule has 0 unspecified atom stereocenters. The normalized spacial score (nSPS) is 10.5. The van der Waals surface area contributed by atoms with Crippen LogP contribution < -0.4 is 5.32 Å². The van der Waals surface area contributed by atoms with Crippen molar-refractivity contribution in [2.75, 3.05) is 31.6 Å². The maximum absolute atomic E-state index is 11.9. The van der Waals surface area contributed by atoms with E-state index < -0.39 is 5.97 Å². The number of carbonyl (C=O) groups excluding carboxylic acids is 2. The van der Waals surface area contributed by atoms with Gasteiger partial charge in [0.15, 0.2) is 0 Å². The molecule has 22 heavy (non-hydrogen) atoms. The molecule has 0 saturated heterocycles. The first-order chi connectivity index (χ1) is 10.5.